The van der Waals surface area contributed by atoms with Gasteiger partial charge in [0.2, 0.25) is 0 Å². The molecule has 4 unspecified atom stereocenters. The van der Waals surface area contributed by atoms with Gasteiger partial charge in [-0.1, -0.05) is 0 Å². The van der Waals surface area contributed by atoms with Crippen LogP contribution in [-0.2, 0) is 14.2 Å². The van der Waals surface area contributed by atoms with Crippen molar-refractivity contribution in [3.63, 3.8) is 0 Å². The fourth-order valence-electron chi connectivity index (χ4n) is 2.80. The summed E-state index contributed by atoms with van der Waals surface area (Å²) < 4.78 is 15.9. The Morgan fingerprint density at radius 2 is 1.26 bits per heavy atom. The van der Waals surface area contributed by atoms with Gasteiger partial charge < -0.3 is 50.0 Å². The minimum absolute atomic E-state index is 0.491. The van der Waals surface area contributed by atoms with Crippen molar-refractivity contribution in [2.75, 3.05) is 13.2 Å². The number of hydrogen-bond acceptors (Lipinski definition) is 10. The predicted molar refractivity (Wildman–Crippen MR) is 72.1 cm³/mol. The predicted octanol–water partition coefficient (Wildman–Crippen LogP) is -4.33. The molecule has 2 fully saturated rings. The van der Waals surface area contributed by atoms with Crippen LogP contribution in [-0.4, -0.2) is 110 Å². The third-order valence-electron chi connectivity index (χ3n) is 4.24. The molecule has 10 nitrogen and oxygen atoms in total. The molecule has 0 aromatic carbocycles. The van der Waals surface area contributed by atoms with Gasteiger partial charge in [0.25, 0.3) is 0 Å². The van der Waals surface area contributed by atoms with Crippen LogP contribution in [0.15, 0.2) is 0 Å². The van der Waals surface area contributed by atoms with Gasteiger partial charge in [0.15, 0.2) is 6.29 Å². The summed E-state index contributed by atoms with van der Waals surface area (Å²) in [6.07, 6.45) is -13.0. The molecule has 2 saturated heterocycles. The number of aliphatic hydroxyl groups excluding tert-OH is 7. The Balaban J connectivity index is 2.08. The van der Waals surface area contributed by atoms with E-state index in [1.54, 1.807) is 0 Å². The molecule has 2 rings (SSSR count). The van der Waals surface area contributed by atoms with E-state index in [1.807, 2.05) is 0 Å². The van der Waals surface area contributed by atoms with E-state index in [0.717, 1.165) is 0 Å². The van der Waals surface area contributed by atoms with E-state index in [1.165, 1.54) is 6.92 Å². The summed E-state index contributed by atoms with van der Waals surface area (Å²) in [4.78, 5) is 0. The van der Waals surface area contributed by atoms with Gasteiger partial charge in [-0.25, -0.2) is 0 Å². The van der Waals surface area contributed by atoms with Crippen LogP contribution < -0.4 is 0 Å². The molecule has 136 valence electrons. The van der Waals surface area contributed by atoms with Crippen molar-refractivity contribution in [3.8, 4) is 0 Å². The Hall–Kier alpha value is -0.400. The van der Waals surface area contributed by atoms with Crippen LogP contribution in [0.1, 0.15) is 6.92 Å². The first-order chi connectivity index (χ1) is 10.8. The van der Waals surface area contributed by atoms with Crippen molar-refractivity contribution < 1.29 is 50.0 Å². The third-order valence-corrected chi connectivity index (χ3v) is 4.24. The molecule has 0 saturated carbocycles. The van der Waals surface area contributed by atoms with Crippen molar-refractivity contribution in [2.24, 2.45) is 0 Å². The minimum Gasteiger partial charge on any atom is -0.394 e. The fraction of sp³-hybridized carbons (Fsp3) is 1.00. The molecule has 10 atom stereocenters. The first-order valence-electron chi connectivity index (χ1n) is 7.40. The standard InChI is InChI=1S/C13H24O10/c1-4-12(10(19)8(17)5(2-14)21-4)23-13-11(20)9(18)7(16)6(3-15)22-13/h4-20H,2-3H2,1H3/t4-,5?,6?,7-,8-,9+,10+,11?,12?,13-/m1/s1. The summed E-state index contributed by atoms with van der Waals surface area (Å²) in [5, 5.41) is 67.5. The van der Waals surface area contributed by atoms with Gasteiger partial charge in [0, 0.05) is 0 Å². The van der Waals surface area contributed by atoms with Crippen molar-refractivity contribution in [1.29, 1.82) is 0 Å². The largest absolute Gasteiger partial charge is 0.394 e. The topological polar surface area (TPSA) is 169 Å². The summed E-state index contributed by atoms with van der Waals surface area (Å²) in [6.45, 7) is 0.432. The lowest BCUT2D eigenvalue weighted by molar-refractivity contribution is -0.340. The molecule has 0 spiro atoms. The molecule has 0 aromatic heterocycles. The van der Waals surface area contributed by atoms with Crippen LogP contribution in [0.4, 0.5) is 0 Å². The van der Waals surface area contributed by atoms with Crippen molar-refractivity contribution in [1.82, 2.24) is 0 Å². The number of rotatable bonds is 4. The van der Waals surface area contributed by atoms with Crippen LogP contribution in [0.25, 0.3) is 0 Å². The quantitative estimate of drug-likeness (QED) is 0.265. The van der Waals surface area contributed by atoms with Crippen molar-refractivity contribution in [2.45, 2.75) is 68.1 Å². The van der Waals surface area contributed by atoms with Crippen LogP contribution in [0.3, 0.4) is 0 Å². The zero-order chi connectivity index (χ0) is 17.3. The van der Waals surface area contributed by atoms with E-state index in [0.29, 0.717) is 0 Å². The third kappa shape index (κ3) is 3.66. The second kappa shape index (κ2) is 7.66. The van der Waals surface area contributed by atoms with Crippen LogP contribution >= 0.6 is 0 Å². The maximum Gasteiger partial charge on any atom is 0.187 e. The monoisotopic (exact) mass is 340 g/mol. The molecule has 0 bridgehead atoms. The lowest BCUT2D eigenvalue weighted by Crippen LogP contribution is -2.63. The molecule has 2 aliphatic heterocycles. The highest BCUT2D eigenvalue weighted by Gasteiger charge is 2.49. The van der Waals surface area contributed by atoms with E-state index in [4.69, 9.17) is 24.4 Å². The highest BCUT2D eigenvalue weighted by molar-refractivity contribution is 4.94. The summed E-state index contributed by atoms with van der Waals surface area (Å²) >= 11 is 0. The Labute approximate surface area is 132 Å². The van der Waals surface area contributed by atoms with Gasteiger partial charge in [0.1, 0.15) is 48.8 Å². The first kappa shape index (κ1) is 18.9. The Kier molecular flexibility index (Phi) is 6.30. The molecular weight excluding hydrogens is 316 g/mol. The molecule has 0 aromatic rings. The van der Waals surface area contributed by atoms with Crippen LogP contribution in [0.2, 0.25) is 0 Å². The SMILES string of the molecule is C[C@H]1OC(CO)[C@@H](O)[C@H](O)C1O[C@H]1OC(CO)[C@@H](O)[C@H](O)C1O. The summed E-state index contributed by atoms with van der Waals surface area (Å²) in [6, 6.07) is 0. The van der Waals surface area contributed by atoms with E-state index in [9.17, 15) is 25.5 Å². The van der Waals surface area contributed by atoms with E-state index >= 15 is 0 Å². The Bertz CT molecular complexity index is 380. The number of aliphatic hydroxyl groups is 7. The van der Waals surface area contributed by atoms with E-state index in [2.05, 4.69) is 0 Å². The molecular formula is C13H24O10. The zero-order valence-electron chi connectivity index (χ0n) is 12.5. The van der Waals surface area contributed by atoms with Crippen molar-refractivity contribution >= 4 is 0 Å². The smallest absolute Gasteiger partial charge is 0.187 e. The first-order valence-corrected chi connectivity index (χ1v) is 7.40. The van der Waals surface area contributed by atoms with E-state index in [-0.39, 0.29) is 0 Å². The van der Waals surface area contributed by atoms with Gasteiger partial charge in [-0.05, 0) is 6.92 Å². The number of ether oxygens (including phenoxy) is 3. The Morgan fingerprint density at radius 1 is 0.739 bits per heavy atom. The maximum absolute atomic E-state index is 10.1. The number of hydrogen-bond donors (Lipinski definition) is 7. The van der Waals surface area contributed by atoms with Gasteiger partial charge in [-0.15, -0.1) is 0 Å². The molecule has 0 aliphatic carbocycles. The lowest BCUT2D eigenvalue weighted by Gasteiger charge is -2.45. The van der Waals surface area contributed by atoms with Crippen LogP contribution in [0.5, 0.6) is 0 Å². The molecule has 7 N–H and O–H groups in total. The average molecular weight is 340 g/mol. The van der Waals surface area contributed by atoms with Gasteiger partial charge in [-0.2, -0.15) is 0 Å². The summed E-state index contributed by atoms with van der Waals surface area (Å²) in [5.41, 5.74) is 0. The highest BCUT2D eigenvalue weighted by atomic mass is 16.7. The second-order valence-electron chi connectivity index (χ2n) is 5.84. The van der Waals surface area contributed by atoms with E-state index < -0.39 is 74.4 Å². The van der Waals surface area contributed by atoms with Gasteiger partial charge >= 0.3 is 0 Å². The minimum atomic E-state index is -1.63. The molecule has 10 heteroatoms. The maximum atomic E-state index is 10.1. The summed E-state index contributed by atoms with van der Waals surface area (Å²) in [7, 11) is 0. The normalized spacial score (nSPS) is 51.7. The molecule has 2 aliphatic rings. The van der Waals surface area contributed by atoms with Gasteiger partial charge in [0.05, 0.1) is 19.3 Å². The Morgan fingerprint density at radius 3 is 1.83 bits per heavy atom. The lowest BCUT2D eigenvalue weighted by atomic mass is 9.95. The molecule has 0 amide bonds. The van der Waals surface area contributed by atoms with Crippen LogP contribution in [0, 0.1) is 0 Å². The molecule has 2 heterocycles. The van der Waals surface area contributed by atoms with Crippen molar-refractivity contribution in [3.05, 3.63) is 0 Å². The zero-order valence-corrected chi connectivity index (χ0v) is 12.5. The second-order valence-corrected chi connectivity index (χ2v) is 5.84. The average Bonchev–Trinajstić information content (AvgIpc) is 2.54. The summed E-state index contributed by atoms with van der Waals surface area (Å²) in [5.74, 6) is 0. The molecule has 23 heavy (non-hydrogen) atoms. The highest BCUT2D eigenvalue weighted by Crippen LogP contribution is 2.28. The van der Waals surface area contributed by atoms with Gasteiger partial charge in [-0.3, -0.25) is 0 Å². The fourth-order valence-corrected chi connectivity index (χ4v) is 2.80. The molecule has 0 radical (unpaired) electrons.